The van der Waals surface area contributed by atoms with E-state index in [2.05, 4.69) is 33.9 Å². The Kier molecular flexibility index (Phi) is 4.62. The van der Waals surface area contributed by atoms with Gasteiger partial charge in [-0.1, -0.05) is 6.07 Å². The molecule has 1 atom stereocenters. The number of carbonyl (C=O) groups excluding carboxylic acids is 1. The Morgan fingerprint density at radius 3 is 2.73 bits per heavy atom. The van der Waals surface area contributed by atoms with Crippen LogP contribution in [0, 0.1) is 12.3 Å². The first-order valence-electron chi connectivity index (χ1n) is 9.48. The SMILES string of the molecule is Cc1ccc(N2CCCC3(CCC(=O)N(Cc4ccncc4)C3)C2)nc1. The maximum absolute atomic E-state index is 12.5. The van der Waals surface area contributed by atoms with Crippen molar-refractivity contribution in [3.8, 4) is 0 Å². The summed E-state index contributed by atoms with van der Waals surface area (Å²) in [5, 5.41) is 0. The first-order chi connectivity index (χ1) is 12.6. The molecule has 136 valence electrons. The van der Waals surface area contributed by atoms with Crippen molar-refractivity contribution in [3.63, 3.8) is 0 Å². The van der Waals surface area contributed by atoms with E-state index in [0.29, 0.717) is 13.0 Å². The first kappa shape index (κ1) is 17.0. The molecule has 26 heavy (non-hydrogen) atoms. The molecule has 2 fully saturated rings. The fraction of sp³-hybridized carbons (Fsp3) is 0.476. The van der Waals surface area contributed by atoms with Crippen molar-refractivity contribution in [2.45, 2.75) is 39.2 Å². The van der Waals surface area contributed by atoms with Gasteiger partial charge in [0.05, 0.1) is 0 Å². The third kappa shape index (κ3) is 3.57. The van der Waals surface area contributed by atoms with Crippen LogP contribution in [0.3, 0.4) is 0 Å². The Hall–Kier alpha value is -2.43. The van der Waals surface area contributed by atoms with Crippen LogP contribution < -0.4 is 4.90 Å². The van der Waals surface area contributed by atoms with Crippen molar-refractivity contribution >= 4 is 11.7 Å². The van der Waals surface area contributed by atoms with Crippen molar-refractivity contribution in [2.24, 2.45) is 5.41 Å². The fourth-order valence-electron chi connectivity index (χ4n) is 4.34. The minimum atomic E-state index is 0.186. The van der Waals surface area contributed by atoms with E-state index < -0.39 is 0 Å². The highest BCUT2D eigenvalue weighted by atomic mass is 16.2. The lowest BCUT2D eigenvalue weighted by molar-refractivity contribution is -0.138. The van der Waals surface area contributed by atoms with Gasteiger partial charge in [-0.05, 0) is 55.5 Å². The standard InChI is InChI=1S/C21H26N4O/c1-17-3-4-19(23-13-17)24-12-2-8-21(15-24)9-5-20(26)25(16-21)14-18-6-10-22-11-7-18/h3-4,6-7,10-11,13H,2,5,8-9,12,14-16H2,1H3. The zero-order chi connectivity index (χ0) is 18.0. The second-order valence-corrected chi connectivity index (χ2v) is 7.82. The second-order valence-electron chi connectivity index (χ2n) is 7.82. The number of piperidine rings is 2. The summed E-state index contributed by atoms with van der Waals surface area (Å²) in [6.45, 7) is 5.64. The molecule has 1 spiro atoms. The summed E-state index contributed by atoms with van der Waals surface area (Å²) < 4.78 is 0. The van der Waals surface area contributed by atoms with Gasteiger partial charge in [-0.2, -0.15) is 0 Å². The molecule has 0 aliphatic carbocycles. The number of hydrogen-bond donors (Lipinski definition) is 0. The minimum Gasteiger partial charge on any atom is -0.356 e. The van der Waals surface area contributed by atoms with Crippen molar-refractivity contribution in [1.29, 1.82) is 0 Å². The minimum absolute atomic E-state index is 0.186. The van der Waals surface area contributed by atoms with Gasteiger partial charge in [-0.15, -0.1) is 0 Å². The molecular formula is C21H26N4O. The van der Waals surface area contributed by atoms with Crippen LogP contribution in [-0.2, 0) is 11.3 Å². The number of nitrogens with zero attached hydrogens (tertiary/aromatic N) is 4. The summed E-state index contributed by atoms with van der Waals surface area (Å²) in [5.41, 5.74) is 2.52. The highest BCUT2D eigenvalue weighted by molar-refractivity contribution is 5.77. The predicted octanol–water partition coefficient (Wildman–Crippen LogP) is 3.19. The summed E-state index contributed by atoms with van der Waals surface area (Å²) in [7, 11) is 0. The second kappa shape index (κ2) is 7.06. The van der Waals surface area contributed by atoms with Gasteiger partial charge in [0.15, 0.2) is 0 Å². The number of aryl methyl sites for hydroxylation is 1. The number of carbonyl (C=O) groups is 1. The molecule has 5 heteroatoms. The molecular weight excluding hydrogens is 324 g/mol. The molecule has 1 amide bonds. The van der Waals surface area contributed by atoms with E-state index >= 15 is 0 Å². The van der Waals surface area contributed by atoms with Crippen molar-refractivity contribution < 1.29 is 4.79 Å². The van der Waals surface area contributed by atoms with Crippen LogP contribution >= 0.6 is 0 Å². The summed E-state index contributed by atoms with van der Waals surface area (Å²) >= 11 is 0. The van der Waals surface area contributed by atoms with Crippen LogP contribution in [0.5, 0.6) is 0 Å². The van der Waals surface area contributed by atoms with Crippen LogP contribution in [0.4, 0.5) is 5.82 Å². The quantitative estimate of drug-likeness (QED) is 0.853. The summed E-state index contributed by atoms with van der Waals surface area (Å²) in [6, 6.07) is 8.25. The molecule has 0 radical (unpaired) electrons. The Bertz CT molecular complexity index is 761. The molecule has 2 aliphatic heterocycles. The van der Waals surface area contributed by atoms with Crippen LogP contribution in [0.25, 0.3) is 0 Å². The average molecular weight is 350 g/mol. The van der Waals surface area contributed by atoms with E-state index in [0.717, 1.165) is 43.9 Å². The van der Waals surface area contributed by atoms with Gasteiger partial charge in [0.2, 0.25) is 5.91 Å². The van der Waals surface area contributed by atoms with Gasteiger partial charge in [0.1, 0.15) is 5.82 Å². The third-order valence-electron chi connectivity index (χ3n) is 5.75. The fourth-order valence-corrected chi connectivity index (χ4v) is 4.34. The monoisotopic (exact) mass is 350 g/mol. The maximum Gasteiger partial charge on any atom is 0.222 e. The number of amides is 1. The lowest BCUT2D eigenvalue weighted by Crippen LogP contribution is -2.54. The van der Waals surface area contributed by atoms with E-state index in [1.807, 2.05) is 23.2 Å². The molecule has 2 aliphatic rings. The summed E-state index contributed by atoms with van der Waals surface area (Å²) in [5.74, 6) is 1.34. The molecule has 2 aromatic rings. The van der Waals surface area contributed by atoms with Gasteiger partial charge in [-0.25, -0.2) is 4.98 Å². The van der Waals surface area contributed by atoms with Gasteiger partial charge >= 0.3 is 0 Å². The Morgan fingerprint density at radius 1 is 1.12 bits per heavy atom. The van der Waals surface area contributed by atoms with Crippen molar-refractivity contribution in [3.05, 3.63) is 54.0 Å². The highest BCUT2D eigenvalue weighted by Gasteiger charge is 2.41. The molecule has 2 aromatic heterocycles. The van der Waals surface area contributed by atoms with E-state index in [1.54, 1.807) is 12.4 Å². The van der Waals surface area contributed by atoms with E-state index in [-0.39, 0.29) is 11.3 Å². The highest BCUT2D eigenvalue weighted by Crippen LogP contribution is 2.40. The Balaban J connectivity index is 1.49. The molecule has 2 saturated heterocycles. The molecule has 4 rings (SSSR count). The number of aromatic nitrogens is 2. The van der Waals surface area contributed by atoms with Crippen LogP contribution in [-0.4, -0.2) is 40.4 Å². The normalized spacial score (nSPS) is 23.5. The molecule has 0 saturated carbocycles. The lowest BCUT2D eigenvalue weighted by atomic mass is 9.73. The lowest BCUT2D eigenvalue weighted by Gasteiger charge is -2.48. The molecule has 0 N–H and O–H groups in total. The van der Waals surface area contributed by atoms with Crippen LogP contribution in [0.15, 0.2) is 42.9 Å². The largest absolute Gasteiger partial charge is 0.356 e. The molecule has 4 heterocycles. The van der Waals surface area contributed by atoms with E-state index in [9.17, 15) is 4.79 Å². The number of pyridine rings is 2. The molecule has 1 unspecified atom stereocenters. The van der Waals surface area contributed by atoms with Crippen molar-refractivity contribution in [2.75, 3.05) is 24.5 Å². The van der Waals surface area contributed by atoms with Crippen LogP contribution in [0.2, 0.25) is 0 Å². The van der Waals surface area contributed by atoms with Gasteiger partial charge < -0.3 is 9.80 Å². The third-order valence-corrected chi connectivity index (χ3v) is 5.75. The smallest absolute Gasteiger partial charge is 0.222 e. The zero-order valence-electron chi connectivity index (χ0n) is 15.4. The maximum atomic E-state index is 12.5. The first-order valence-corrected chi connectivity index (χ1v) is 9.48. The van der Waals surface area contributed by atoms with E-state index in [1.165, 1.54) is 12.0 Å². The molecule has 0 bridgehead atoms. The predicted molar refractivity (Wildman–Crippen MR) is 102 cm³/mol. The Morgan fingerprint density at radius 2 is 1.96 bits per heavy atom. The zero-order valence-corrected chi connectivity index (χ0v) is 15.4. The number of rotatable bonds is 3. The Labute approximate surface area is 155 Å². The number of anilines is 1. The molecule has 5 nitrogen and oxygen atoms in total. The van der Waals surface area contributed by atoms with Gasteiger partial charge in [0.25, 0.3) is 0 Å². The summed E-state index contributed by atoms with van der Waals surface area (Å²) in [4.78, 5) is 25.6. The topological polar surface area (TPSA) is 49.3 Å². The number of likely N-dealkylation sites (tertiary alicyclic amines) is 1. The van der Waals surface area contributed by atoms with Gasteiger partial charge in [-0.3, -0.25) is 9.78 Å². The van der Waals surface area contributed by atoms with E-state index in [4.69, 9.17) is 0 Å². The number of hydrogen-bond acceptors (Lipinski definition) is 4. The average Bonchev–Trinajstić information content (AvgIpc) is 2.67. The van der Waals surface area contributed by atoms with Crippen LogP contribution in [0.1, 0.15) is 36.8 Å². The van der Waals surface area contributed by atoms with Gasteiger partial charge in [0, 0.05) is 56.6 Å². The van der Waals surface area contributed by atoms with Crippen molar-refractivity contribution in [1.82, 2.24) is 14.9 Å². The molecule has 0 aromatic carbocycles. The summed E-state index contributed by atoms with van der Waals surface area (Å²) in [6.07, 6.45) is 9.52.